The maximum atomic E-state index is 11.2. The largest absolute Gasteiger partial charge is 0.478 e. The Hall–Kier alpha value is -1.99. The van der Waals surface area contributed by atoms with Crippen molar-refractivity contribution in [2.24, 2.45) is 0 Å². The molecule has 0 aliphatic carbocycles. The predicted octanol–water partition coefficient (Wildman–Crippen LogP) is 3.93. The Bertz CT molecular complexity index is 781. The van der Waals surface area contributed by atoms with E-state index in [9.17, 15) is 4.79 Å². The third kappa shape index (κ3) is 2.37. The highest BCUT2D eigenvalue weighted by Crippen LogP contribution is 2.30. The molecule has 0 bridgehead atoms. The summed E-state index contributed by atoms with van der Waals surface area (Å²) in [4.78, 5) is 16.3. The standard InChI is InChI=1S/C13H7BrN2O3S/c14-7-5-10(20-6-7)11-15-12(19-16-11)8-3-1-2-4-9(8)13(17)18/h1-6H,(H,17,18). The number of carboxylic acid groups (broad SMARTS) is 1. The molecular weight excluding hydrogens is 344 g/mol. The summed E-state index contributed by atoms with van der Waals surface area (Å²) in [7, 11) is 0. The van der Waals surface area contributed by atoms with Crippen molar-refractivity contribution in [1.29, 1.82) is 0 Å². The lowest BCUT2D eigenvalue weighted by Crippen LogP contribution is -1.99. The SMILES string of the molecule is O=C(O)c1ccccc1-c1nc(-c2cc(Br)cs2)no1. The van der Waals surface area contributed by atoms with Crippen molar-refractivity contribution in [3.05, 3.63) is 45.7 Å². The summed E-state index contributed by atoms with van der Waals surface area (Å²) in [6.07, 6.45) is 0. The number of hydrogen-bond donors (Lipinski definition) is 1. The van der Waals surface area contributed by atoms with E-state index >= 15 is 0 Å². The maximum absolute atomic E-state index is 11.2. The first-order valence-electron chi connectivity index (χ1n) is 5.56. The zero-order chi connectivity index (χ0) is 14.1. The van der Waals surface area contributed by atoms with Gasteiger partial charge in [0.2, 0.25) is 5.82 Å². The first-order chi connectivity index (χ1) is 9.65. The highest BCUT2D eigenvalue weighted by atomic mass is 79.9. The first-order valence-corrected chi connectivity index (χ1v) is 7.23. The van der Waals surface area contributed by atoms with E-state index in [-0.39, 0.29) is 11.5 Å². The van der Waals surface area contributed by atoms with Crippen LogP contribution in [0.3, 0.4) is 0 Å². The van der Waals surface area contributed by atoms with Gasteiger partial charge in [0, 0.05) is 9.85 Å². The van der Waals surface area contributed by atoms with E-state index in [0.29, 0.717) is 11.4 Å². The molecule has 7 heteroatoms. The second-order valence-electron chi connectivity index (χ2n) is 3.90. The molecule has 100 valence electrons. The van der Waals surface area contributed by atoms with Gasteiger partial charge in [0.1, 0.15) is 0 Å². The number of thiophene rings is 1. The molecular formula is C13H7BrN2O3S. The molecule has 0 radical (unpaired) electrons. The number of halogens is 1. The van der Waals surface area contributed by atoms with Gasteiger partial charge in [-0.3, -0.25) is 0 Å². The van der Waals surface area contributed by atoms with Crippen LogP contribution in [0.4, 0.5) is 0 Å². The molecule has 3 rings (SSSR count). The molecule has 0 spiro atoms. The first kappa shape index (κ1) is 13.0. The van der Waals surface area contributed by atoms with Crippen LogP contribution >= 0.6 is 27.3 Å². The Labute approximate surface area is 126 Å². The van der Waals surface area contributed by atoms with Crippen molar-refractivity contribution in [3.8, 4) is 22.2 Å². The number of aromatic carboxylic acids is 1. The van der Waals surface area contributed by atoms with E-state index in [1.807, 2.05) is 11.4 Å². The Kier molecular flexibility index (Phi) is 3.37. The van der Waals surface area contributed by atoms with Crippen LogP contribution in [0.5, 0.6) is 0 Å². The fourth-order valence-corrected chi connectivity index (χ4v) is 3.07. The van der Waals surface area contributed by atoms with Gasteiger partial charge < -0.3 is 9.63 Å². The van der Waals surface area contributed by atoms with Crippen molar-refractivity contribution in [3.63, 3.8) is 0 Å². The normalized spacial score (nSPS) is 10.7. The maximum Gasteiger partial charge on any atom is 0.336 e. The van der Waals surface area contributed by atoms with Crippen molar-refractivity contribution < 1.29 is 14.4 Å². The van der Waals surface area contributed by atoms with E-state index in [0.717, 1.165) is 9.35 Å². The molecule has 2 heterocycles. The Morgan fingerprint density at radius 1 is 1.35 bits per heavy atom. The molecule has 0 amide bonds. The quantitative estimate of drug-likeness (QED) is 0.774. The van der Waals surface area contributed by atoms with Crippen LogP contribution in [-0.2, 0) is 0 Å². The Morgan fingerprint density at radius 3 is 2.85 bits per heavy atom. The van der Waals surface area contributed by atoms with Crippen LogP contribution in [0.25, 0.3) is 22.2 Å². The molecule has 0 fully saturated rings. The monoisotopic (exact) mass is 350 g/mol. The van der Waals surface area contributed by atoms with Gasteiger partial charge in [-0.2, -0.15) is 4.98 Å². The lowest BCUT2D eigenvalue weighted by Gasteiger charge is -1.99. The van der Waals surface area contributed by atoms with Gasteiger partial charge in [-0.25, -0.2) is 4.79 Å². The highest BCUT2D eigenvalue weighted by Gasteiger charge is 2.17. The minimum absolute atomic E-state index is 0.134. The summed E-state index contributed by atoms with van der Waals surface area (Å²) in [6, 6.07) is 8.41. The van der Waals surface area contributed by atoms with Gasteiger partial charge in [-0.15, -0.1) is 11.3 Å². The summed E-state index contributed by atoms with van der Waals surface area (Å²) in [6.45, 7) is 0. The van der Waals surface area contributed by atoms with Crippen LogP contribution in [0.1, 0.15) is 10.4 Å². The van der Waals surface area contributed by atoms with Gasteiger partial charge >= 0.3 is 5.97 Å². The fourth-order valence-electron chi connectivity index (χ4n) is 1.72. The summed E-state index contributed by atoms with van der Waals surface area (Å²) in [5.41, 5.74) is 0.546. The lowest BCUT2D eigenvalue weighted by molar-refractivity contribution is 0.0697. The molecule has 0 saturated carbocycles. The van der Waals surface area contributed by atoms with E-state index in [4.69, 9.17) is 9.63 Å². The van der Waals surface area contributed by atoms with E-state index in [2.05, 4.69) is 26.1 Å². The second kappa shape index (κ2) is 5.18. The number of rotatable bonds is 3. The van der Waals surface area contributed by atoms with Crippen molar-refractivity contribution in [2.45, 2.75) is 0 Å². The summed E-state index contributed by atoms with van der Waals surface area (Å²) in [5.74, 6) is -0.391. The molecule has 0 atom stereocenters. The van der Waals surface area contributed by atoms with E-state index in [1.165, 1.54) is 17.4 Å². The Balaban J connectivity index is 2.05. The number of nitrogens with zero attached hydrogens (tertiary/aromatic N) is 2. The molecule has 0 aliphatic rings. The van der Waals surface area contributed by atoms with Gasteiger partial charge in [-0.1, -0.05) is 17.3 Å². The molecule has 0 unspecified atom stereocenters. The van der Waals surface area contributed by atoms with Crippen LogP contribution in [0.2, 0.25) is 0 Å². The topological polar surface area (TPSA) is 76.2 Å². The second-order valence-corrected chi connectivity index (χ2v) is 5.73. The average Bonchev–Trinajstić information content (AvgIpc) is 3.07. The third-order valence-electron chi connectivity index (χ3n) is 2.60. The van der Waals surface area contributed by atoms with Crippen LogP contribution in [-0.4, -0.2) is 21.2 Å². The minimum atomic E-state index is -1.03. The lowest BCUT2D eigenvalue weighted by atomic mass is 10.1. The predicted molar refractivity (Wildman–Crippen MR) is 77.7 cm³/mol. The number of carboxylic acids is 1. The van der Waals surface area contributed by atoms with Crippen molar-refractivity contribution in [1.82, 2.24) is 10.1 Å². The smallest absolute Gasteiger partial charge is 0.336 e. The van der Waals surface area contributed by atoms with Gasteiger partial charge in [0.25, 0.3) is 5.89 Å². The molecule has 2 aromatic heterocycles. The molecule has 0 aliphatic heterocycles. The van der Waals surface area contributed by atoms with Crippen LogP contribution in [0.15, 0.2) is 44.7 Å². The molecule has 20 heavy (non-hydrogen) atoms. The van der Waals surface area contributed by atoms with Crippen LogP contribution < -0.4 is 0 Å². The van der Waals surface area contributed by atoms with Gasteiger partial charge in [0.15, 0.2) is 0 Å². The molecule has 0 saturated heterocycles. The molecule has 1 N–H and O–H groups in total. The van der Waals surface area contributed by atoms with Crippen molar-refractivity contribution >= 4 is 33.2 Å². The average molecular weight is 351 g/mol. The van der Waals surface area contributed by atoms with Crippen molar-refractivity contribution in [2.75, 3.05) is 0 Å². The number of carbonyl (C=O) groups is 1. The zero-order valence-electron chi connectivity index (χ0n) is 9.91. The fraction of sp³-hybridized carbons (Fsp3) is 0. The minimum Gasteiger partial charge on any atom is -0.478 e. The van der Waals surface area contributed by atoms with Crippen LogP contribution in [0, 0.1) is 0 Å². The molecule has 3 aromatic rings. The third-order valence-corrected chi connectivity index (χ3v) is 4.29. The molecule has 1 aromatic carbocycles. The summed E-state index contributed by atoms with van der Waals surface area (Å²) in [5, 5.41) is 15.0. The van der Waals surface area contributed by atoms with Gasteiger partial charge in [0.05, 0.1) is 16.0 Å². The summed E-state index contributed by atoms with van der Waals surface area (Å²) >= 11 is 4.83. The number of aromatic nitrogens is 2. The Morgan fingerprint density at radius 2 is 2.15 bits per heavy atom. The zero-order valence-corrected chi connectivity index (χ0v) is 12.3. The highest BCUT2D eigenvalue weighted by molar-refractivity contribution is 9.10. The molecule has 5 nitrogen and oxygen atoms in total. The number of benzene rings is 1. The van der Waals surface area contributed by atoms with E-state index in [1.54, 1.807) is 18.2 Å². The number of hydrogen-bond acceptors (Lipinski definition) is 5. The van der Waals surface area contributed by atoms with E-state index < -0.39 is 5.97 Å². The van der Waals surface area contributed by atoms with Gasteiger partial charge in [-0.05, 0) is 34.1 Å². The summed E-state index contributed by atoms with van der Waals surface area (Å²) < 4.78 is 6.11.